The average molecular weight is 248 g/mol. The maximum absolute atomic E-state index is 5.51. The highest BCUT2D eigenvalue weighted by atomic mass is 32.1. The highest BCUT2D eigenvalue weighted by molar-refractivity contribution is 7.80. The quantitative estimate of drug-likeness (QED) is 0.822. The van der Waals surface area contributed by atoms with Crippen LogP contribution < -0.4 is 5.32 Å². The molecule has 0 heterocycles. The second kappa shape index (κ2) is 6.01. The number of para-hydroxylation sites is 1. The number of rotatable bonds is 3. The predicted molar refractivity (Wildman–Crippen MR) is 77.3 cm³/mol. The van der Waals surface area contributed by atoms with E-state index in [0.29, 0.717) is 6.04 Å². The number of hydrogen-bond acceptors (Lipinski definition) is 1. The third-order valence-corrected chi connectivity index (χ3v) is 3.73. The zero-order valence-corrected chi connectivity index (χ0v) is 11.2. The Morgan fingerprint density at radius 2 is 1.94 bits per heavy atom. The molecule has 0 aliphatic heterocycles. The molecule has 1 aromatic rings. The fourth-order valence-corrected chi connectivity index (χ4v) is 2.90. The molecule has 0 unspecified atom stereocenters. The number of benzene rings is 1. The standard InChI is InChI=1S/C14H20N2S/c1-2-16(13-10-6-7-11-13)14(17)15-12-8-4-3-5-9-12/h3-5,8-9,13H,2,6-7,10-11H2,1H3,(H,15,17). The maximum atomic E-state index is 5.51. The van der Waals surface area contributed by atoms with Crippen LogP contribution in [0.2, 0.25) is 0 Å². The Balaban J connectivity index is 1.97. The van der Waals surface area contributed by atoms with Crippen LogP contribution in [0.25, 0.3) is 0 Å². The number of nitrogens with zero attached hydrogens (tertiary/aromatic N) is 1. The summed E-state index contributed by atoms with van der Waals surface area (Å²) in [5.74, 6) is 0. The molecule has 0 spiro atoms. The molecule has 1 aliphatic carbocycles. The summed E-state index contributed by atoms with van der Waals surface area (Å²) in [6.45, 7) is 3.17. The van der Waals surface area contributed by atoms with Gasteiger partial charge in [-0.1, -0.05) is 31.0 Å². The molecule has 0 atom stereocenters. The van der Waals surface area contributed by atoms with Gasteiger partial charge in [-0.3, -0.25) is 0 Å². The van der Waals surface area contributed by atoms with Gasteiger partial charge in [-0.25, -0.2) is 0 Å². The van der Waals surface area contributed by atoms with Crippen molar-refractivity contribution in [2.75, 3.05) is 11.9 Å². The zero-order chi connectivity index (χ0) is 12.1. The molecule has 1 saturated carbocycles. The number of hydrogen-bond donors (Lipinski definition) is 1. The molecule has 3 heteroatoms. The summed E-state index contributed by atoms with van der Waals surface area (Å²) in [4.78, 5) is 2.33. The molecule has 0 saturated heterocycles. The summed E-state index contributed by atoms with van der Waals surface area (Å²) in [6.07, 6.45) is 5.25. The van der Waals surface area contributed by atoms with E-state index in [1.165, 1.54) is 25.7 Å². The van der Waals surface area contributed by atoms with Crippen LogP contribution in [0, 0.1) is 0 Å². The van der Waals surface area contributed by atoms with Crippen molar-refractivity contribution < 1.29 is 0 Å². The SMILES string of the molecule is CCN(C(=S)Nc1ccccc1)C1CCCC1. The van der Waals surface area contributed by atoms with E-state index in [0.717, 1.165) is 17.3 Å². The molecule has 17 heavy (non-hydrogen) atoms. The highest BCUT2D eigenvalue weighted by Gasteiger charge is 2.23. The maximum Gasteiger partial charge on any atom is 0.173 e. The monoisotopic (exact) mass is 248 g/mol. The summed E-state index contributed by atoms with van der Waals surface area (Å²) < 4.78 is 0. The summed E-state index contributed by atoms with van der Waals surface area (Å²) in [5, 5.41) is 4.19. The lowest BCUT2D eigenvalue weighted by Crippen LogP contribution is -2.41. The van der Waals surface area contributed by atoms with Crippen molar-refractivity contribution in [1.29, 1.82) is 0 Å². The van der Waals surface area contributed by atoms with Gasteiger partial charge < -0.3 is 10.2 Å². The van der Waals surface area contributed by atoms with Crippen LogP contribution in [0.15, 0.2) is 30.3 Å². The number of thiocarbonyl (C=S) groups is 1. The minimum atomic E-state index is 0.642. The van der Waals surface area contributed by atoms with E-state index in [9.17, 15) is 0 Å². The lowest BCUT2D eigenvalue weighted by Gasteiger charge is -2.30. The van der Waals surface area contributed by atoms with E-state index in [4.69, 9.17) is 12.2 Å². The van der Waals surface area contributed by atoms with E-state index >= 15 is 0 Å². The van der Waals surface area contributed by atoms with Crippen molar-refractivity contribution in [2.45, 2.75) is 38.6 Å². The molecule has 1 aliphatic rings. The van der Waals surface area contributed by atoms with Gasteiger partial charge in [0.2, 0.25) is 0 Å². The lowest BCUT2D eigenvalue weighted by molar-refractivity contribution is 0.333. The van der Waals surface area contributed by atoms with Crippen molar-refractivity contribution in [3.63, 3.8) is 0 Å². The highest BCUT2D eigenvalue weighted by Crippen LogP contribution is 2.24. The summed E-state index contributed by atoms with van der Waals surface area (Å²) in [7, 11) is 0. The first-order chi connectivity index (χ1) is 8.31. The zero-order valence-electron chi connectivity index (χ0n) is 10.4. The molecule has 0 radical (unpaired) electrons. The lowest BCUT2D eigenvalue weighted by atomic mass is 10.2. The van der Waals surface area contributed by atoms with E-state index in [-0.39, 0.29) is 0 Å². The smallest absolute Gasteiger partial charge is 0.173 e. The van der Waals surface area contributed by atoms with Crippen LogP contribution >= 0.6 is 12.2 Å². The molecule has 2 nitrogen and oxygen atoms in total. The van der Waals surface area contributed by atoms with Crippen molar-refractivity contribution in [3.05, 3.63) is 30.3 Å². The Morgan fingerprint density at radius 3 is 2.53 bits per heavy atom. The van der Waals surface area contributed by atoms with Gasteiger partial charge >= 0.3 is 0 Å². The van der Waals surface area contributed by atoms with Gasteiger partial charge in [0.25, 0.3) is 0 Å². The largest absolute Gasteiger partial charge is 0.346 e. The van der Waals surface area contributed by atoms with Crippen LogP contribution in [0.3, 0.4) is 0 Å². The summed E-state index contributed by atoms with van der Waals surface area (Å²) >= 11 is 5.51. The Bertz CT molecular complexity index is 358. The molecular weight excluding hydrogens is 228 g/mol. The van der Waals surface area contributed by atoms with E-state index in [1.54, 1.807) is 0 Å². The van der Waals surface area contributed by atoms with Gasteiger partial charge in [-0.2, -0.15) is 0 Å². The van der Waals surface area contributed by atoms with Crippen LogP contribution in [0.1, 0.15) is 32.6 Å². The van der Waals surface area contributed by atoms with Gasteiger partial charge in [0, 0.05) is 18.3 Å². The van der Waals surface area contributed by atoms with Crippen molar-refractivity contribution in [1.82, 2.24) is 4.90 Å². The molecule has 2 rings (SSSR count). The molecule has 1 fully saturated rings. The van der Waals surface area contributed by atoms with Crippen LogP contribution in [0.4, 0.5) is 5.69 Å². The van der Waals surface area contributed by atoms with Gasteiger partial charge in [-0.15, -0.1) is 0 Å². The fourth-order valence-electron chi connectivity index (χ4n) is 2.50. The van der Waals surface area contributed by atoms with Gasteiger partial charge in [-0.05, 0) is 44.1 Å². The number of nitrogens with one attached hydrogen (secondary N) is 1. The Morgan fingerprint density at radius 1 is 1.29 bits per heavy atom. The molecule has 92 valence electrons. The minimum absolute atomic E-state index is 0.642. The average Bonchev–Trinajstić information content (AvgIpc) is 2.85. The third kappa shape index (κ3) is 3.19. The Labute approximate surface area is 109 Å². The van der Waals surface area contributed by atoms with E-state index < -0.39 is 0 Å². The molecule has 1 N–H and O–H groups in total. The van der Waals surface area contributed by atoms with Gasteiger partial charge in [0.05, 0.1) is 0 Å². The Kier molecular flexibility index (Phi) is 4.37. The minimum Gasteiger partial charge on any atom is -0.346 e. The van der Waals surface area contributed by atoms with Crippen molar-refractivity contribution >= 4 is 23.0 Å². The second-order valence-electron chi connectivity index (χ2n) is 4.52. The van der Waals surface area contributed by atoms with Crippen molar-refractivity contribution in [2.24, 2.45) is 0 Å². The molecule has 0 amide bonds. The molecule has 0 bridgehead atoms. The first kappa shape index (κ1) is 12.4. The van der Waals surface area contributed by atoms with Crippen LogP contribution in [-0.4, -0.2) is 22.6 Å². The first-order valence-corrected chi connectivity index (χ1v) is 6.84. The summed E-state index contributed by atoms with van der Waals surface area (Å²) in [6, 6.07) is 10.8. The van der Waals surface area contributed by atoms with Crippen LogP contribution in [0.5, 0.6) is 0 Å². The fraction of sp³-hybridized carbons (Fsp3) is 0.500. The molecular formula is C14H20N2S. The van der Waals surface area contributed by atoms with Gasteiger partial charge in [0.1, 0.15) is 0 Å². The topological polar surface area (TPSA) is 15.3 Å². The molecule has 1 aromatic carbocycles. The number of anilines is 1. The second-order valence-corrected chi connectivity index (χ2v) is 4.91. The van der Waals surface area contributed by atoms with Crippen LogP contribution in [-0.2, 0) is 0 Å². The van der Waals surface area contributed by atoms with Gasteiger partial charge in [0.15, 0.2) is 5.11 Å². The predicted octanol–water partition coefficient (Wildman–Crippen LogP) is 3.65. The van der Waals surface area contributed by atoms with E-state index in [2.05, 4.69) is 29.3 Å². The van der Waals surface area contributed by atoms with Crippen molar-refractivity contribution in [3.8, 4) is 0 Å². The molecule has 0 aromatic heterocycles. The Hall–Kier alpha value is -1.09. The summed E-state index contributed by atoms with van der Waals surface area (Å²) in [5.41, 5.74) is 1.08. The normalized spacial score (nSPS) is 15.8. The van der Waals surface area contributed by atoms with E-state index in [1.807, 2.05) is 18.2 Å². The third-order valence-electron chi connectivity index (χ3n) is 3.39. The first-order valence-electron chi connectivity index (χ1n) is 6.44.